The molecule has 5 atom stereocenters. The summed E-state index contributed by atoms with van der Waals surface area (Å²) in [6, 6.07) is 0. The average molecular weight is 434 g/mol. The number of hydrogen-bond donors (Lipinski definition) is 3. The quantitative estimate of drug-likeness (QED) is 0.374. The van der Waals surface area contributed by atoms with E-state index in [4.69, 9.17) is 26.1 Å². The lowest BCUT2D eigenvalue weighted by Gasteiger charge is -2.28. The van der Waals surface area contributed by atoms with Crippen molar-refractivity contribution in [3.05, 3.63) is 12.3 Å². The summed E-state index contributed by atoms with van der Waals surface area (Å²) in [6.45, 7) is 4.33. The van der Waals surface area contributed by atoms with Crippen molar-refractivity contribution >= 4 is 23.4 Å². The molecule has 0 radical (unpaired) electrons. The van der Waals surface area contributed by atoms with Crippen molar-refractivity contribution in [2.24, 2.45) is 5.92 Å². The van der Waals surface area contributed by atoms with Gasteiger partial charge in [0.2, 0.25) is 5.91 Å². The van der Waals surface area contributed by atoms with E-state index in [-0.39, 0.29) is 37.2 Å². The number of carbonyl (C=O) groups is 2. The first-order chi connectivity index (χ1) is 13.9. The van der Waals surface area contributed by atoms with Gasteiger partial charge in [0, 0.05) is 37.5 Å². The topological polar surface area (TPSA) is 97.9 Å². The molecule has 0 aromatic heterocycles. The Morgan fingerprint density at radius 1 is 1.24 bits per heavy atom. The minimum atomic E-state index is -1.10. The van der Waals surface area contributed by atoms with Crippen molar-refractivity contribution in [2.75, 3.05) is 19.7 Å². The lowest BCUT2D eigenvalue weighted by Crippen LogP contribution is -2.51. The van der Waals surface area contributed by atoms with E-state index in [2.05, 4.69) is 22.5 Å². The Balaban J connectivity index is 1.23. The fraction of sp³-hybridized carbons (Fsp3) is 0.789. The van der Waals surface area contributed by atoms with Crippen LogP contribution in [0.3, 0.4) is 0 Å². The Hall–Kier alpha value is -1.26. The highest BCUT2D eigenvalue weighted by Gasteiger charge is 2.38. The summed E-state index contributed by atoms with van der Waals surface area (Å²) in [5, 5.41) is 8.03. The molecule has 3 N–H and O–H groups in total. The minimum absolute atomic E-state index is 0.135. The van der Waals surface area contributed by atoms with E-state index < -0.39 is 17.7 Å². The van der Waals surface area contributed by atoms with Gasteiger partial charge in [-0.05, 0) is 25.7 Å². The van der Waals surface area contributed by atoms with Gasteiger partial charge in [-0.2, -0.15) is 0 Å². The maximum Gasteiger partial charge on any atom is 0.257 e. The van der Waals surface area contributed by atoms with Crippen molar-refractivity contribution in [2.45, 2.75) is 68.5 Å². The Morgan fingerprint density at radius 3 is 2.69 bits per heavy atom. The fourth-order valence-electron chi connectivity index (χ4n) is 3.31. The monoisotopic (exact) mass is 433 g/mol. The van der Waals surface area contributed by atoms with Crippen LogP contribution in [0.2, 0.25) is 0 Å². The summed E-state index contributed by atoms with van der Waals surface area (Å²) in [5.74, 6) is -0.177. The first kappa shape index (κ1) is 22.4. The van der Waals surface area contributed by atoms with Gasteiger partial charge in [-0.25, -0.2) is 14.2 Å². The third-order valence-corrected chi connectivity index (χ3v) is 5.76. The third kappa shape index (κ3) is 7.18. The predicted octanol–water partition coefficient (Wildman–Crippen LogP) is 1.29. The zero-order valence-electron chi connectivity index (χ0n) is 16.3. The van der Waals surface area contributed by atoms with Crippen LogP contribution in [-0.2, 0) is 24.1 Å². The second-order valence-electron chi connectivity index (χ2n) is 7.82. The fourth-order valence-corrected chi connectivity index (χ4v) is 3.54. The number of nitrogens with one attached hydrogen (secondary N) is 3. The normalized spacial score (nSPS) is 32.4. The molecule has 0 bridgehead atoms. The van der Waals surface area contributed by atoms with E-state index in [9.17, 15) is 14.0 Å². The Bertz CT molecular complexity index is 598. The summed E-state index contributed by atoms with van der Waals surface area (Å²) in [5.41, 5.74) is 0.463. The van der Waals surface area contributed by atoms with E-state index in [1.165, 1.54) is 0 Å². The SMILES string of the molecule is C=C(CCNC(=O)COC1CCC(Cl)C(F)C1)NC(=O)C1CNC(C2CC2)OO1. The second-order valence-corrected chi connectivity index (χ2v) is 8.38. The summed E-state index contributed by atoms with van der Waals surface area (Å²) in [7, 11) is 0. The molecule has 0 spiro atoms. The summed E-state index contributed by atoms with van der Waals surface area (Å²) in [6.07, 6.45) is 1.72. The summed E-state index contributed by atoms with van der Waals surface area (Å²) >= 11 is 5.83. The van der Waals surface area contributed by atoms with E-state index in [1.807, 2.05) is 0 Å². The smallest absolute Gasteiger partial charge is 0.257 e. The van der Waals surface area contributed by atoms with Gasteiger partial charge in [0.05, 0.1) is 11.5 Å². The van der Waals surface area contributed by atoms with Crippen LogP contribution in [-0.4, -0.2) is 61.5 Å². The molecule has 1 heterocycles. The molecule has 29 heavy (non-hydrogen) atoms. The molecule has 3 rings (SSSR count). The molecule has 10 heteroatoms. The predicted molar refractivity (Wildman–Crippen MR) is 104 cm³/mol. The van der Waals surface area contributed by atoms with Crippen molar-refractivity contribution in [1.29, 1.82) is 0 Å². The van der Waals surface area contributed by atoms with Gasteiger partial charge in [0.15, 0.2) is 6.10 Å². The van der Waals surface area contributed by atoms with Crippen LogP contribution in [0.1, 0.15) is 38.5 Å². The third-order valence-electron chi connectivity index (χ3n) is 5.27. The van der Waals surface area contributed by atoms with E-state index in [0.29, 0.717) is 44.0 Å². The van der Waals surface area contributed by atoms with Crippen LogP contribution in [0.25, 0.3) is 0 Å². The highest BCUT2D eigenvalue weighted by Crippen LogP contribution is 2.34. The molecule has 164 valence electrons. The van der Waals surface area contributed by atoms with Gasteiger partial charge in [-0.15, -0.1) is 11.6 Å². The summed E-state index contributed by atoms with van der Waals surface area (Å²) < 4.78 is 19.0. The lowest BCUT2D eigenvalue weighted by atomic mass is 9.95. The van der Waals surface area contributed by atoms with E-state index in [1.54, 1.807) is 0 Å². The maximum atomic E-state index is 13.6. The van der Waals surface area contributed by atoms with Gasteiger partial charge < -0.3 is 15.4 Å². The number of amides is 2. The van der Waals surface area contributed by atoms with Crippen molar-refractivity contribution < 1.29 is 28.5 Å². The van der Waals surface area contributed by atoms with Gasteiger partial charge in [0.1, 0.15) is 19.0 Å². The molecule has 2 saturated carbocycles. The largest absolute Gasteiger partial charge is 0.368 e. The van der Waals surface area contributed by atoms with Crippen LogP contribution in [0.5, 0.6) is 0 Å². The maximum absolute atomic E-state index is 13.6. The van der Waals surface area contributed by atoms with Crippen LogP contribution < -0.4 is 16.0 Å². The minimum Gasteiger partial charge on any atom is -0.368 e. The number of ether oxygens (including phenoxy) is 1. The average Bonchev–Trinajstić information content (AvgIpc) is 3.54. The molecule has 2 aliphatic carbocycles. The van der Waals surface area contributed by atoms with Crippen LogP contribution in [0.4, 0.5) is 4.39 Å². The molecule has 5 unspecified atom stereocenters. The Morgan fingerprint density at radius 2 is 2.03 bits per heavy atom. The number of hydrogen-bond acceptors (Lipinski definition) is 6. The molecule has 8 nitrogen and oxygen atoms in total. The van der Waals surface area contributed by atoms with Gasteiger partial charge >= 0.3 is 0 Å². The van der Waals surface area contributed by atoms with Crippen LogP contribution >= 0.6 is 11.6 Å². The highest BCUT2D eigenvalue weighted by atomic mass is 35.5. The number of carbonyl (C=O) groups excluding carboxylic acids is 2. The van der Waals surface area contributed by atoms with Crippen LogP contribution in [0.15, 0.2) is 12.3 Å². The van der Waals surface area contributed by atoms with E-state index >= 15 is 0 Å². The zero-order valence-corrected chi connectivity index (χ0v) is 17.1. The molecule has 0 aromatic carbocycles. The highest BCUT2D eigenvalue weighted by molar-refractivity contribution is 6.21. The Kier molecular flexibility index (Phi) is 8.25. The second kappa shape index (κ2) is 10.7. The first-order valence-electron chi connectivity index (χ1n) is 10.1. The first-order valence-corrected chi connectivity index (χ1v) is 10.6. The van der Waals surface area contributed by atoms with Crippen molar-refractivity contribution in [1.82, 2.24) is 16.0 Å². The molecular formula is C19H29ClFN3O5. The van der Waals surface area contributed by atoms with Gasteiger partial charge in [0.25, 0.3) is 5.91 Å². The molecule has 1 aliphatic heterocycles. The van der Waals surface area contributed by atoms with Crippen molar-refractivity contribution in [3.8, 4) is 0 Å². The summed E-state index contributed by atoms with van der Waals surface area (Å²) in [4.78, 5) is 34.4. The lowest BCUT2D eigenvalue weighted by molar-refractivity contribution is -0.371. The number of halogens is 2. The molecule has 2 amide bonds. The molecule has 3 fully saturated rings. The van der Waals surface area contributed by atoms with Gasteiger partial charge in [-0.1, -0.05) is 6.58 Å². The van der Waals surface area contributed by atoms with Crippen LogP contribution in [0, 0.1) is 5.92 Å². The molecular weight excluding hydrogens is 405 g/mol. The zero-order chi connectivity index (χ0) is 20.8. The van der Waals surface area contributed by atoms with E-state index in [0.717, 1.165) is 12.8 Å². The Labute approximate surface area is 174 Å². The standard InChI is InChI=1S/C19H29ClFN3O5/c1-11(24-18(26)16-9-23-19(29-28-16)12-2-3-12)6-7-22-17(25)10-27-13-4-5-14(20)15(21)8-13/h12-16,19,23H,1-10H2,(H,22,25)(H,24,26). The number of rotatable bonds is 9. The molecule has 3 aliphatic rings. The molecule has 1 saturated heterocycles. The van der Waals surface area contributed by atoms with Crippen molar-refractivity contribution in [3.63, 3.8) is 0 Å². The molecule has 0 aromatic rings. The van der Waals surface area contributed by atoms with Gasteiger partial charge in [-0.3, -0.25) is 14.9 Å². The number of alkyl halides is 2.